The Morgan fingerprint density at radius 1 is 1.17 bits per heavy atom. The molecule has 0 spiro atoms. The van der Waals surface area contributed by atoms with Crippen molar-refractivity contribution in [1.29, 1.82) is 0 Å². The van der Waals surface area contributed by atoms with Crippen LogP contribution < -0.4 is 5.32 Å². The molecule has 1 saturated carbocycles. The largest absolute Gasteiger partial charge is 0.462 e. The Bertz CT molecular complexity index is 865. The van der Waals surface area contributed by atoms with Crippen LogP contribution in [0.2, 0.25) is 0 Å². The Labute approximate surface area is 171 Å². The second-order valence-electron chi connectivity index (χ2n) is 7.87. The summed E-state index contributed by atoms with van der Waals surface area (Å²) < 4.78 is 20.3. The maximum atomic E-state index is 13.4. The maximum absolute atomic E-state index is 13.4. The molecule has 3 rings (SSSR count). The molecular weight excluding hydrogens is 371 g/mol. The van der Waals surface area contributed by atoms with Gasteiger partial charge in [0.05, 0.1) is 12.2 Å². The van der Waals surface area contributed by atoms with Gasteiger partial charge in [0.15, 0.2) is 0 Å². The average Bonchev–Trinajstić information content (AvgIpc) is 3.01. The van der Waals surface area contributed by atoms with E-state index in [0.29, 0.717) is 22.9 Å². The predicted octanol–water partition coefficient (Wildman–Crippen LogP) is 4.47. The summed E-state index contributed by atoms with van der Waals surface area (Å²) in [6.07, 6.45) is 4.25. The number of benzene rings is 1. The van der Waals surface area contributed by atoms with Gasteiger partial charge in [-0.1, -0.05) is 6.92 Å². The topological polar surface area (TPSA) is 60.3 Å². The van der Waals surface area contributed by atoms with Gasteiger partial charge in [0.25, 0.3) is 0 Å². The summed E-state index contributed by atoms with van der Waals surface area (Å²) in [6.45, 7) is 6.17. The van der Waals surface area contributed by atoms with Gasteiger partial charge in [-0.05, 0) is 81.3 Å². The zero-order valence-corrected chi connectivity index (χ0v) is 17.3. The van der Waals surface area contributed by atoms with E-state index in [0.717, 1.165) is 31.2 Å². The van der Waals surface area contributed by atoms with Gasteiger partial charge in [-0.25, -0.2) is 9.18 Å². The third-order valence-corrected chi connectivity index (χ3v) is 5.68. The summed E-state index contributed by atoms with van der Waals surface area (Å²) in [6, 6.07) is 7.96. The van der Waals surface area contributed by atoms with E-state index < -0.39 is 5.97 Å². The molecule has 1 fully saturated rings. The van der Waals surface area contributed by atoms with Crippen molar-refractivity contribution < 1.29 is 18.7 Å². The van der Waals surface area contributed by atoms with E-state index in [-0.39, 0.29) is 30.9 Å². The number of amides is 1. The van der Waals surface area contributed by atoms with E-state index in [1.807, 2.05) is 0 Å². The van der Waals surface area contributed by atoms with E-state index >= 15 is 0 Å². The highest BCUT2D eigenvalue weighted by Gasteiger charge is 2.23. The Morgan fingerprint density at radius 2 is 1.83 bits per heavy atom. The molecule has 1 aromatic heterocycles. The molecule has 2 aromatic rings. The smallest absolute Gasteiger partial charge is 0.339 e. The van der Waals surface area contributed by atoms with E-state index in [9.17, 15) is 14.0 Å². The highest BCUT2D eigenvalue weighted by Crippen LogP contribution is 2.27. The Morgan fingerprint density at radius 3 is 2.45 bits per heavy atom. The molecule has 1 aromatic carbocycles. The van der Waals surface area contributed by atoms with Gasteiger partial charge in [-0.2, -0.15) is 0 Å². The summed E-state index contributed by atoms with van der Waals surface area (Å²) >= 11 is 0. The number of carbonyl (C=O) groups excluding carboxylic acids is 2. The van der Waals surface area contributed by atoms with E-state index in [1.54, 1.807) is 36.6 Å². The molecule has 5 nitrogen and oxygen atoms in total. The Hall–Kier alpha value is -2.63. The number of hydrogen-bond acceptors (Lipinski definition) is 3. The first-order valence-electron chi connectivity index (χ1n) is 10.3. The molecule has 1 aliphatic rings. The molecule has 0 unspecified atom stereocenters. The molecule has 29 heavy (non-hydrogen) atoms. The maximum Gasteiger partial charge on any atom is 0.339 e. The number of esters is 1. The van der Waals surface area contributed by atoms with Crippen molar-refractivity contribution in [3.05, 3.63) is 47.4 Å². The highest BCUT2D eigenvalue weighted by molar-refractivity contribution is 5.93. The molecule has 6 heteroatoms. The minimum atomic E-state index is -0.422. The first-order chi connectivity index (χ1) is 13.9. The van der Waals surface area contributed by atoms with Crippen molar-refractivity contribution >= 4 is 11.9 Å². The SMILES string of the molecule is CCOC(=O)c1cc(-c2ccc(F)cc2)n(CC(=O)NC2CCC(C)CC2)c1C. The monoisotopic (exact) mass is 400 g/mol. The number of halogens is 1. The molecule has 156 valence electrons. The first-order valence-corrected chi connectivity index (χ1v) is 10.3. The minimum Gasteiger partial charge on any atom is -0.462 e. The zero-order chi connectivity index (χ0) is 21.0. The Kier molecular flexibility index (Phi) is 6.72. The predicted molar refractivity (Wildman–Crippen MR) is 110 cm³/mol. The van der Waals surface area contributed by atoms with Crippen molar-refractivity contribution in [2.45, 2.75) is 59.0 Å². The summed E-state index contributed by atoms with van der Waals surface area (Å²) in [5, 5.41) is 3.13. The fourth-order valence-corrected chi connectivity index (χ4v) is 3.95. The van der Waals surface area contributed by atoms with Crippen LogP contribution in [0.3, 0.4) is 0 Å². The number of carbonyl (C=O) groups is 2. The summed E-state index contributed by atoms with van der Waals surface area (Å²) in [4.78, 5) is 25.1. The van der Waals surface area contributed by atoms with Crippen molar-refractivity contribution in [3.8, 4) is 11.3 Å². The van der Waals surface area contributed by atoms with Gasteiger partial charge in [0, 0.05) is 17.4 Å². The zero-order valence-electron chi connectivity index (χ0n) is 17.3. The second-order valence-corrected chi connectivity index (χ2v) is 7.87. The van der Waals surface area contributed by atoms with Crippen LogP contribution in [0.15, 0.2) is 30.3 Å². The molecule has 0 radical (unpaired) electrons. The number of nitrogens with zero attached hydrogens (tertiary/aromatic N) is 1. The first kappa shape index (κ1) is 21.1. The quantitative estimate of drug-likeness (QED) is 0.728. The number of aromatic nitrogens is 1. The van der Waals surface area contributed by atoms with Crippen molar-refractivity contribution in [2.75, 3.05) is 6.61 Å². The van der Waals surface area contributed by atoms with Crippen molar-refractivity contribution in [3.63, 3.8) is 0 Å². The number of ether oxygens (including phenoxy) is 1. The van der Waals surface area contributed by atoms with Crippen molar-refractivity contribution in [1.82, 2.24) is 9.88 Å². The molecule has 1 amide bonds. The van der Waals surface area contributed by atoms with Crippen LogP contribution in [-0.2, 0) is 16.1 Å². The van der Waals surface area contributed by atoms with Crippen LogP contribution in [0.1, 0.15) is 55.6 Å². The fourth-order valence-electron chi connectivity index (χ4n) is 3.95. The summed E-state index contributed by atoms with van der Waals surface area (Å²) in [5.41, 5.74) is 2.52. The lowest BCUT2D eigenvalue weighted by Crippen LogP contribution is -2.39. The molecule has 0 bridgehead atoms. The number of rotatable bonds is 6. The van der Waals surface area contributed by atoms with E-state index in [4.69, 9.17) is 4.74 Å². The van der Waals surface area contributed by atoms with Crippen LogP contribution >= 0.6 is 0 Å². The van der Waals surface area contributed by atoms with Gasteiger partial charge in [0.2, 0.25) is 5.91 Å². The fraction of sp³-hybridized carbons (Fsp3) is 0.478. The summed E-state index contributed by atoms with van der Waals surface area (Å²) in [5.74, 6) is -0.124. The van der Waals surface area contributed by atoms with E-state index in [1.165, 1.54) is 12.1 Å². The minimum absolute atomic E-state index is 0.0815. The van der Waals surface area contributed by atoms with E-state index in [2.05, 4.69) is 12.2 Å². The average molecular weight is 400 g/mol. The van der Waals surface area contributed by atoms with Gasteiger partial charge in [-0.15, -0.1) is 0 Å². The van der Waals surface area contributed by atoms with Crippen LogP contribution in [0.25, 0.3) is 11.3 Å². The highest BCUT2D eigenvalue weighted by atomic mass is 19.1. The van der Waals surface area contributed by atoms with Gasteiger partial charge >= 0.3 is 5.97 Å². The lowest BCUT2D eigenvalue weighted by atomic mass is 9.87. The molecule has 0 saturated heterocycles. The molecular formula is C23H29FN2O3. The molecule has 1 N–H and O–H groups in total. The number of hydrogen-bond donors (Lipinski definition) is 1. The second kappa shape index (κ2) is 9.25. The molecule has 0 aliphatic heterocycles. The molecule has 1 aliphatic carbocycles. The van der Waals surface area contributed by atoms with Crippen LogP contribution in [-0.4, -0.2) is 29.1 Å². The third kappa shape index (κ3) is 5.05. The van der Waals surface area contributed by atoms with Crippen LogP contribution in [0, 0.1) is 18.7 Å². The lowest BCUT2D eigenvalue weighted by Gasteiger charge is -2.27. The van der Waals surface area contributed by atoms with Gasteiger partial charge in [0.1, 0.15) is 12.4 Å². The molecule has 1 heterocycles. The standard InChI is InChI=1S/C23H29FN2O3/c1-4-29-23(28)20-13-21(17-7-9-18(24)10-8-17)26(16(20)3)14-22(27)25-19-11-5-15(2)6-12-19/h7-10,13,15,19H,4-6,11-12,14H2,1-3H3,(H,25,27). The van der Waals surface area contributed by atoms with Gasteiger partial charge in [-0.3, -0.25) is 4.79 Å². The van der Waals surface area contributed by atoms with Crippen LogP contribution in [0.5, 0.6) is 0 Å². The van der Waals surface area contributed by atoms with Gasteiger partial charge < -0.3 is 14.6 Å². The third-order valence-electron chi connectivity index (χ3n) is 5.68. The van der Waals surface area contributed by atoms with Crippen molar-refractivity contribution in [2.24, 2.45) is 5.92 Å². The Balaban J connectivity index is 1.86. The lowest BCUT2D eigenvalue weighted by molar-refractivity contribution is -0.122. The van der Waals surface area contributed by atoms with Crippen LogP contribution in [0.4, 0.5) is 4.39 Å². The summed E-state index contributed by atoms with van der Waals surface area (Å²) in [7, 11) is 0. The number of nitrogens with one attached hydrogen (secondary N) is 1. The molecule has 0 atom stereocenters. The normalized spacial score (nSPS) is 19.0.